The first-order valence-corrected chi connectivity index (χ1v) is 18.6. The van der Waals surface area contributed by atoms with E-state index in [0.717, 1.165) is 31.4 Å². The zero-order valence-corrected chi connectivity index (χ0v) is 33.2. The normalized spacial score (nSPS) is 24.5. The molecule has 5 amide bonds. The number of thioether (sulfide) groups is 1. The van der Waals surface area contributed by atoms with Crippen LogP contribution in [0.2, 0.25) is 0 Å². The standard InChI is InChI=1S/C33H54N7O8S.Y/c1-4-24-17-22(2)32(48-24)40-19-25(36-21-40)31(43)37-23(3)18-29(42)35-10-12-46-14-16-47-15-13-45-11-9-34-28(41)8-6-5-7-27-30-26(20-49-27)38-33(44)39-30;/h17,19,21-24,26-27,30,32H,4-16,18,20H2,1-3H3,(H,34,41)(H,35,42)(H,37,43)(H2,38,39,44);/q-1;/t22?,23?,24-,26-,27+,30-,32-;/m1./s1. The summed E-state index contributed by atoms with van der Waals surface area (Å²) in [5.74, 6) is 0.668. The number of carbonyl (C=O) groups is 4. The van der Waals surface area contributed by atoms with E-state index >= 15 is 0 Å². The summed E-state index contributed by atoms with van der Waals surface area (Å²) < 4.78 is 24.3. The van der Waals surface area contributed by atoms with Gasteiger partial charge in [0.15, 0.2) is 0 Å². The van der Waals surface area contributed by atoms with Crippen molar-refractivity contribution in [2.75, 3.05) is 58.5 Å². The Hall–Kier alpha value is -1.82. The number of rotatable bonds is 23. The minimum absolute atomic E-state index is 0. The van der Waals surface area contributed by atoms with E-state index in [1.807, 2.05) is 16.3 Å². The van der Waals surface area contributed by atoms with Gasteiger partial charge in [-0.15, -0.1) is 5.92 Å². The molecule has 1 radical (unpaired) electrons. The smallest absolute Gasteiger partial charge is 0.315 e. The fourth-order valence-corrected chi connectivity index (χ4v) is 7.62. The topological polar surface area (TPSA) is 183 Å². The molecule has 0 bridgehead atoms. The molecule has 3 saturated heterocycles. The SMILES string of the molecule is CC[C@@H]1[CH-]C(C)[C@H](n2cnc(C(=O)NC(C)CC(=O)NCCOCCOCCOCCNC(=O)CCCC[C@@H]3SC[C@H]4NC(=O)N[C@@H]34)c2)O1.[Y]. The van der Waals surface area contributed by atoms with E-state index in [2.05, 4.69) is 51.8 Å². The van der Waals surface area contributed by atoms with E-state index in [0.29, 0.717) is 64.4 Å². The molecule has 3 aliphatic rings. The van der Waals surface area contributed by atoms with Gasteiger partial charge in [0.1, 0.15) is 11.9 Å². The zero-order chi connectivity index (χ0) is 35.0. The summed E-state index contributed by atoms with van der Waals surface area (Å²) in [7, 11) is 0. The number of hydrogen-bond acceptors (Lipinski definition) is 10. The maximum Gasteiger partial charge on any atom is 0.315 e. The van der Waals surface area contributed by atoms with Gasteiger partial charge in [-0.3, -0.25) is 20.8 Å². The van der Waals surface area contributed by atoms with Crippen LogP contribution in [0.25, 0.3) is 0 Å². The van der Waals surface area contributed by atoms with Gasteiger partial charge in [-0.25, -0.2) is 9.78 Å². The number of imidazole rings is 1. The molecule has 17 heteroatoms. The summed E-state index contributed by atoms with van der Waals surface area (Å²) in [6.45, 7) is 9.12. The van der Waals surface area contributed by atoms with Crippen molar-refractivity contribution >= 4 is 35.5 Å². The third kappa shape index (κ3) is 14.3. The first-order chi connectivity index (χ1) is 23.7. The molecular weight excluding hydrogens is 743 g/mol. The molecule has 7 atom stereocenters. The Bertz CT molecular complexity index is 1210. The Morgan fingerprint density at radius 3 is 2.42 bits per heavy atom. The van der Waals surface area contributed by atoms with Crippen molar-refractivity contribution in [3.63, 3.8) is 0 Å². The largest absolute Gasteiger partial charge is 0.389 e. The van der Waals surface area contributed by atoms with Gasteiger partial charge in [0, 0.05) is 81.9 Å². The van der Waals surface area contributed by atoms with E-state index in [1.165, 1.54) is 0 Å². The number of nitrogens with one attached hydrogen (secondary N) is 5. The maximum absolute atomic E-state index is 12.6. The summed E-state index contributed by atoms with van der Waals surface area (Å²) in [6.07, 6.45) is 9.68. The number of hydrogen-bond donors (Lipinski definition) is 5. The van der Waals surface area contributed by atoms with Crippen LogP contribution in [-0.2, 0) is 61.2 Å². The van der Waals surface area contributed by atoms with Crippen LogP contribution in [0.3, 0.4) is 0 Å². The molecule has 2 unspecified atom stereocenters. The Morgan fingerprint density at radius 2 is 1.74 bits per heavy atom. The quantitative estimate of drug-likeness (QED) is 0.0619. The van der Waals surface area contributed by atoms with Crippen molar-refractivity contribution in [1.82, 2.24) is 36.1 Å². The van der Waals surface area contributed by atoms with E-state index in [1.54, 1.807) is 19.4 Å². The zero-order valence-electron chi connectivity index (χ0n) is 29.5. The molecule has 4 rings (SSSR count). The number of carbonyl (C=O) groups excluding carboxylic acids is 4. The first kappa shape index (κ1) is 42.6. The number of nitrogens with zero attached hydrogens (tertiary/aromatic N) is 2. The Kier molecular flexibility index (Phi) is 19.6. The van der Waals surface area contributed by atoms with Crippen molar-refractivity contribution in [2.24, 2.45) is 5.92 Å². The van der Waals surface area contributed by atoms with Gasteiger partial charge < -0.3 is 50.1 Å². The van der Waals surface area contributed by atoms with Crippen molar-refractivity contribution in [1.29, 1.82) is 0 Å². The number of amides is 5. The minimum atomic E-state index is -0.368. The Balaban J connectivity index is 0.00000676. The number of fused-ring (bicyclic) bond motifs is 1. The second-order valence-corrected chi connectivity index (χ2v) is 14.0. The number of ether oxygens (including phenoxy) is 4. The van der Waals surface area contributed by atoms with Crippen LogP contribution in [0.15, 0.2) is 12.5 Å². The average Bonchev–Trinajstić information content (AvgIpc) is 3.86. The third-order valence-electron chi connectivity index (χ3n) is 8.64. The fraction of sp³-hybridized carbons (Fsp3) is 0.758. The number of urea groups is 1. The van der Waals surface area contributed by atoms with Crippen LogP contribution in [0, 0.1) is 12.3 Å². The summed E-state index contributed by atoms with van der Waals surface area (Å²) in [6, 6.07) is 0.00862. The van der Waals surface area contributed by atoms with Gasteiger partial charge >= 0.3 is 6.03 Å². The average molecular weight is 798 g/mol. The van der Waals surface area contributed by atoms with Gasteiger partial charge in [-0.1, -0.05) is 32.8 Å². The van der Waals surface area contributed by atoms with Crippen molar-refractivity contribution in [2.45, 2.75) is 95.0 Å². The summed E-state index contributed by atoms with van der Waals surface area (Å²) in [4.78, 5) is 52.7. The second kappa shape index (κ2) is 23.0. The summed E-state index contributed by atoms with van der Waals surface area (Å²) >= 11 is 1.89. The molecule has 0 aromatic carbocycles. The van der Waals surface area contributed by atoms with Crippen molar-refractivity contribution in [3.05, 3.63) is 24.6 Å². The molecule has 0 aliphatic carbocycles. The van der Waals surface area contributed by atoms with E-state index in [4.69, 9.17) is 18.9 Å². The first-order valence-electron chi connectivity index (χ1n) is 17.5. The van der Waals surface area contributed by atoms with E-state index < -0.39 is 0 Å². The molecule has 5 N–H and O–H groups in total. The molecule has 3 fully saturated rings. The van der Waals surface area contributed by atoms with Gasteiger partial charge in [0.05, 0.1) is 58.1 Å². The van der Waals surface area contributed by atoms with Gasteiger partial charge in [-0.05, 0) is 19.8 Å². The predicted molar refractivity (Wildman–Crippen MR) is 184 cm³/mol. The molecule has 50 heavy (non-hydrogen) atoms. The van der Waals surface area contributed by atoms with Crippen molar-refractivity contribution in [3.8, 4) is 0 Å². The Labute approximate surface area is 324 Å². The molecule has 0 spiro atoms. The number of aromatic nitrogens is 2. The molecule has 3 aliphatic heterocycles. The third-order valence-corrected chi connectivity index (χ3v) is 10.2. The summed E-state index contributed by atoms with van der Waals surface area (Å²) in [5, 5.41) is 14.9. The van der Waals surface area contributed by atoms with Gasteiger partial charge in [0.2, 0.25) is 11.8 Å². The van der Waals surface area contributed by atoms with Crippen LogP contribution in [0.5, 0.6) is 0 Å². The maximum atomic E-state index is 12.6. The molecule has 0 saturated carbocycles. The van der Waals surface area contributed by atoms with Gasteiger partial charge in [0.25, 0.3) is 5.91 Å². The number of unbranched alkanes of at least 4 members (excludes halogenated alkanes) is 1. The second-order valence-electron chi connectivity index (χ2n) is 12.7. The van der Waals surface area contributed by atoms with Crippen molar-refractivity contribution < 1.29 is 70.8 Å². The monoisotopic (exact) mass is 797 g/mol. The van der Waals surface area contributed by atoms with Crippen LogP contribution >= 0.6 is 11.8 Å². The fourth-order valence-electron chi connectivity index (χ4n) is 6.08. The molecule has 4 heterocycles. The van der Waals surface area contributed by atoms with Gasteiger partial charge in [-0.2, -0.15) is 11.8 Å². The summed E-state index contributed by atoms with van der Waals surface area (Å²) in [5.41, 5.74) is 0.282. The van der Waals surface area contributed by atoms with Crippen LogP contribution in [0.4, 0.5) is 4.79 Å². The molecule has 1 aromatic heterocycles. The van der Waals surface area contributed by atoms with Crippen LogP contribution < -0.4 is 26.6 Å². The van der Waals surface area contributed by atoms with E-state index in [9.17, 15) is 19.2 Å². The Morgan fingerprint density at radius 1 is 1.06 bits per heavy atom. The molecular formula is C33H54N7O8SY-. The minimum Gasteiger partial charge on any atom is -0.389 e. The van der Waals surface area contributed by atoms with E-state index in [-0.39, 0.29) is 105 Å². The van der Waals surface area contributed by atoms with Crippen LogP contribution in [-0.4, -0.2) is 121 Å². The molecule has 1 aromatic rings. The molecule has 279 valence electrons. The van der Waals surface area contributed by atoms with Crippen LogP contribution in [0.1, 0.15) is 76.0 Å². The molecule has 15 nitrogen and oxygen atoms in total. The predicted octanol–water partition coefficient (Wildman–Crippen LogP) is 1.54.